The number of thiophene rings is 1. The van der Waals surface area contributed by atoms with E-state index in [-0.39, 0.29) is 18.6 Å². The summed E-state index contributed by atoms with van der Waals surface area (Å²) < 4.78 is 4.72. The van der Waals surface area contributed by atoms with Crippen LogP contribution in [-0.4, -0.2) is 41.8 Å². The van der Waals surface area contributed by atoms with E-state index in [1.807, 2.05) is 12.1 Å². The van der Waals surface area contributed by atoms with E-state index >= 15 is 0 Å². The molecule has 1 fully saturated rings. The standard InChI is InChI=1S/C14H21NO3S/c1-10-4-3-5-11(9-16)15(10)8-12-6-7-13(19-12)14(17)18-2/h6-7,10-11,16H,3-5,8-9H2,1-2H3. The molecule has 2 rings (SSSR count). The minimum Gasteiger partial charge on any atom is -0.465 e. The fourth-order valence-corrected chi connectivity index (χ4v) is 3.61. The number of hydrogen-bond acceptors (Lipinski definition) is 5. The average molecular weight is 283 g/mol. The van der Waals surface area contributed by atoms with Crippen molar-refractivity contribution in [3.8, 4) is 0 Å². The van der Waals surface area contributed by atoms with Gasteiger partial charge in [0.2, 0.25) is 0 Å². The summed E-state index contributed by atoms with van der Waals surface area (Å²) in [5.74, 6) is -0.276. The topological polar surface area (TPSA) is 49.8 Å². The van der Waals surface area contributed by atoms with E-state index in [1.165, 1.54) is 31.3 Å². The summed E-state index contributed by atoms with van der Waals surface area (Å²) in [5.41, 5.74) is 0. The first-order valence-electron chi connectivity index (χ1n) is 6.69. The third kappa shape index (κ3) is 3.35. The highest BCUT2D eigenvalue weighted by molar-refractivity contribution is 7.13. The molecular weight excluding hydrogens is 262 g/mol. The number of esters is 1. The quantitative estimate of drug-likeness (QED) is 0.861. The first-order valence-corrected chi connectivity index (χ1v) is 7.51. The molecule has 0 aliphatic carbocycles. The number of ether oxygens (including phenoxy) is 1. The molecule has 0 amide bonds. The molecule has 1 aromatic heterocycles. The third-order valence-corrected chi connectivity index (χ3v) is 4.84. The summed E-state index contributed by atoms with van der Waals surface area (Å²) in [5, 5.41) is 9.48. The van der Waals surface area contributed by atoms with Gasteiger partial charge in [-0.15, -0.1) is 11.3 Å². The summed E-state index contributed by atoms with van der Waals surface area (Å²) in [7, 11) is 1.40. The third-order valence-electron chi connectivity index (χ3n) is 3.79. The van der Waals surface area contributed by atoms with Crippen LogP contribution in [0.2, 0.25) is 0 Å². The lowest BCUT2D eigenvalue weighted by Crippen LogP contribution is -2.46. The molecule has 0 radical (unpaired) electrons. The van der Waals surface area contributed by atoms with Crippen LogP contribution in [0.1, 0.15) is 40.7 Å². The molecule has 106 valence electrons. The predicted octanol–water partition coefficient (Wildman–Crippen LogP) is 2.27. The number of rotatable bonds is 4. The molecule has 5 heteroatoms. The SMILES string of the molecule is COC(=O)c1ccc(CN2C(C)CCCC2CO)s1. The number of carbonyl (C=O) groups is 1. The van der Waals surface area contributed by atoms with Gasteiger partial charge in [0, 0.05) is 23.5 Å². The lowest BCUT2D eigenvalue weighted by Gasteiger charge is -2.39. The second-order valence-electron chi connectivity index (χ2n) is 5.05. The highest BCUT2D eigenvalue weighted by Crippen LogP contribution is 2.27. The van der Waals surface area contributed by atoms with Gasteiger partial charge in [0.1, 0.15) is 4.88 Å². The van der Waals surface area contributed by atoms with E-state index in [4.69, 9.17) is 4.74 Å². The number of aliphatic hydroxyl groups excluding tert-OH is 1. The number of methoxy groups -OCH3 is 1. The minimum absolute atomic E-state index is 0.208. The van der Waals surface area contributed by atoms with E-state index in [2.05, 4.69) is 11.8 Å². The van der Waals surface area contributed by atoms with Crippen LogP contribution < -0.4 is 0 Å². The molecular formula is C14H21NO3S. The van der Waals surface area contributed by atoms with E-state index in [1.54, 1.807) is 0 Å². The molecule has 2 unspecified atom stereocenters. The van der Waals surface area contributed by atoms with Crippen molar-refractivity contribution in [2.75, 3.05) is 13.7 Å². The molecule has 1 aliphatic heterocycles. The Bertz CT molecular complexity index is 432. The maximum absolute atomic E-state index is 11.4. The molecule has 0 spiro atoms. The van der Waals surface area contributed by atoms with Crippen molar-refractivity contribution in [3.63, 3.8) is 0 Å². The van der Waals surface area contributed by atoms with Crippen molar-refractivity contribution >= 4 is 17.3 Å². The molecule has 0 saturated carbocycles. The molecule has 1 N–H and O–H groups in total. The Morgan fingerprint density at radius 1 is 1.53 bits per heavy atom. The van der Waals surface area contributed by atoms with E-state index in [9.17, 15) is 9.90 Å². The van der Waals surface area contributed by atoms with Crippen LogP contribution in [0.4, 0.5) is 0 Å². The minimum atomic E-state index is -0.276. The Kier molecular flexibility index (Phi) is 4.96. The fourth-order valence-electron chi connectivity index (χ4n) is 2.67. The zero-order chi connectivity index (χ0) is 13.8. The number of piperidine rings is 1. The smallest absolute Gasteiger partial charge is 0.348 e. The molecule has 0 bridgehead atoms. The maximum Gasteiger partial charge on any atom is 0.348 e. The normalized spacial score (nSPS) is 24.4. The molecule has 19 heavy (non-hydrogen) atoms. The summed E-state index contributed by atoms with van der Waals surface area (Å²) in [6.07, 6.45) is 3.41. The van der Waals surface area contributed by atoms with Crippen LogP contribution in [0.3, 0.4) is 0 Å². The summed E-state index contributed by atoms with van der Waals surface area (Å²) in [6.45, 7) is 3.21. The van der Waals surface area contributed by atoms with Gasteiger partial charge in [-0.1, -0.05) is 6.42 Å². The van der Waals surface area contributed by atoms with Gasteiger partial charge < -0.3 is 9.84 Å². The van der Waals surface area contributed by atoms with Gasteiger partial charge >= 0.3 is 5.97 Å². The van der Waals surface area contributed by atoms with Crippen LogP contribution in [0.5, 0.6) is 0 Å². The van der Waals surface area contributed by atoms with Crippen molar-refractivity contribution in [2.45, 2.75) is 44.8 Å². The van der Waals surface area contributed by atoms with Gasteiger partial charge in [-0.05, 0) is 31.9 Å². The van der Waals surface area contributed by atoms with Crippen LogP contribution in [0, 0.1) is 0 Å². The van der Waals surface area contributed by atoms with Crippen LogP contribution in [-0.2, 0) is 11.3 Å². The first-order chi connectivity index (χ1) is 9.15. The van der Waals surface area contributed by atoms with Crippen molar-refractivity contribution in [2.24, 2.45) is 0 Å². The second kappa shape index (κ2) is 6.50. The summed E-state index contributed by atoms with van der Waals surface area (Å²) >= 11 is 1.48. The summed E-state index contributed by atoms with van der Waals surface area (Å²) in [4.78, 5) is 15.6. The number of nitrogens with zero attached hydrogens (tertiary/aromatic N) is 1. The first kappa shape index (κ1) is 14.5. The Morgan fingerprint density at radius 2 is 2.32 bits per heavy atom. The Balaban J connectivity index is 2.06. The van der Waals surface area contributed by atoms with Gasteiger partial charge in [0.05, 0.1) is 13.7 Å². The number of aliphatic hydroxyl groups is 1. The average Bonchev–Trinajstić information content (AvgIpc) is 2.88. The lowest BCUT2D eigenvalue weighted by atomic mass is 9.97. The molecule has 1 aromatic rings. The Hall–Kier alpha value is -0.910. The lowest BCUT2D eigenvalue weighted by molar-refractivity contribution is 0.0460. The van der Waals surface area contributed by atoms with Crippen molar-refractivity contribution in [3.05, 3.63) is 21.9 Å². The monoisotopic (exact) mass is 283 g/mol. The van der Waals surface area contributed by atoms with Gasteiger partial charge in [0.25, 0.3) is 0 Å². The van der Waals surface area contributed by atoms with E-state index < -0.39 is 0 Å². The highest BCUT2D eigenvalue weighted by Gasteiger charge is 2.27. The van der Waals surface area contributed by atoms with Crippen LogP contribution in [0.15, 0.2) is 12.1 Å². The molecule has 1 aliphatic rings. The zero-order valence-corrected chi connectivity index (χ0v) is 12.3. The van der Waals surface area contributed by atoms with Crippen molar-refractivity contribution in [1.29, 1.82) is 0 Å². The second-order valence-corrected chi connectivity index (χ2v) is 6.21. The maximum atomic E-state index is 11.4. The van der Waals surface area contributed by atoms with E-state index in [0.717, 1.165) is 17.8 Å². The largest absolute Gasteiger partial charge is 0.465 e. The zero-order valence-electron chi connectivity index (χ0n) is 11.5. The van der Waals surface area contributed by atoms with Gasteiger partial charge in [-0.3, -0.25) is 4.90 Å². The Morgan fingerprint density at radius 3 is 3.00 bits per heavy atom. The number of likely N-dealkylation sites (tertiary alicyclic amines) is 1. The van der Waals surface area contributed by atoms with Gasteiger partial charge in [-0.2, -0.15) is 0 Å². The predicted molar refractivity (Wildman–Crippen MR) is 75.4 cm³/mol. The van der Waals surface area contributed by atoms with Crippen molar-refractivity contribution < 1.29 is 14.6 Å². The molecule has 4 nitrogen and oxygen atoms in total. The van der Waals surface area contributed by atoms with Crippen LogP contribution in [0.25, 0.3) is 0 Å². The number of hydrogen-bond donors (Lipinski definition) is 1. The van der Waals surface area contributed by atoms with Gasteiger partial charge in [-0.25, -0.2) is 4.79 Å². The fraction of sp³-hybridized carbons (Fsp3) is 0.643. The molecule has 2 heterocycles. The van der Waals surface area contributed by atoms with Gasteiger partial charge in [0.15, 0.2) is 0 Å². The summed E-state index contributed by atoms with van der Waals surface area (Å²) in [6, 6.07) is 4.52. The Labute approximate surface area is 118 Å². The molecule has 1 saturated heterocycles. The van der Waals surface area contributed by atoms with Crippen molar-refractivity contribution in [1.82, 2.24) is 4.90 Å². The van der Waals surface area contributed by atoms with Crippen LogP contribution >= 0.6 is 11.3 Å². The molecule has 0 aromatic carbocycles. The van der Waals surface area contributed by atoms with E-state index in [0.29, 0.717) is 10.9 Å². The highest BCUT2D eigenvalue weighted by atomic mass is 32.1. The molecule has 2 atom stereocenters. The number of carbonyl (C=O) groups excluding carboxylic acids is 1.